The Balaban J connectivity index is 2.45. The Hall–Kier alpha value is -1.33. The number of carbonyl (C=O) groups is 1. The van der Waals surface area contributed by atoms with Crippen molar-refractivity contribution < 1.29 is 14.1 Å². The molecule has 0 bridgehead atoms. The largest absolute Gasteiger partial charge is 0.496 e. The summed E-state index contributed by atoms with van der Waals surface area (Å²) in [7, 11) is 3.47. The van der Waals surface area contributed by atoms with E-state index in [1.54, 1.807) is 6.07 Å². The Morgan fingerprint density at radius 2 is 1.65 bits per heavy atom. The molecule has 0 unspecified atom stereocenters. The zero-order chi connectivity index (χ0) is 15.1. The van der Waals surface area contributed by atoms with Gasteiger partial charge in [-0.05, 0) is 45.9 Å². The molecule has 0 radical (unpaired) electrons. The molecular weight excluding hydrogens is 253 g/mol. The lowest BCUT2D eigenvalue weighted by molar-refractivity contribution is 0.00578. The van der Waals surface area contributed by atoms with Crippen molar-refractivity contribution in [3.8, 4) is 0 Å². The molecule has 1 saturated heterocycles. The van der Waals surface area contributed by atoms with Gasteiger partial charge in [0.1, 0.15) is 6.29 Å². The predicted molar refractivity (Wildman–Crippen MR) is 81.9 cm³/mol. The third kappa shape index (κ3) is 2.48. The first kappa shape index (κ1) is 15.1. The maximum absolute atomic E-state index is 11.0. The minimum Gasteiger partial charge on any atom is -0.399 e. The van der Waals surface area contributed by atoms with Crippen LogP contribution in [0.15, 0.2) is 18.2 Å². The van der Waals surface area contributed by atoms with Gasteiger partial charge in [0, 0.05) is 30.8 Å². The fourth-order valence-electron chi connectivity index (χ4n) is 2.21. The van der Waals surface area contributed by atoms with Crippen LogP contribution in [0.4, 0.5) is 5.69 Å². The summed E-state index contributed by atoms with van der Waals surface area (Å²) in [5.41, 5.74) is 1.73. The smallest absolute Gasteiger partial charge is 0.399 e. The van der Waals surface area contributed by atoms with Gasteiger partial charge in [-0.25, -0.2) is 0 Å². The fraction of sp³-hybridized carbons (Fsp3) is 0.533. The van der Waals surface area contributed by atoms with E-state index in [9.17, 15) is 4.79 Å². The van der Waals surface area contributed by atoms with Crippen LogP contribution >= 0.6 is 0 Å². The Kier molecular flexibility index (Phi) is 3.69. The first-order valence-corrected chi connectivity index (χ1v) is 6.80. The van der Waals surface area contributed by atoms with Gasteiger partial charge in [0.15, 0.2) is 0 Å². The van der Waals surface area contributed by atoms with E-state index >= 15 is 0 Å². The summed E-state index contributed by atoms with van der Waals surface area (Å²) in [6.07, 6.45) is 0.841. The van der Waals surface area contributed by atoms with E-state index in [1.165, 1.54) is 0 Å². The van der Waals surface area contributed by atoms with Gasteiger partial charge in [0.05, 0.1) is 11.2 Å². The number of hydrogen-bond acceptors (Lipinski definition) is 4. The highest BCUT2D eigenvalue weighted by Crippen LogP contribution is 2.37. The standard InChI is InChI=1S/C15H22BNO3/c1-14(2)15(3,4)20-16(19-14)12-9-11(10-18)7-8-13(12)17(5)6/h7-10H,1-6H3. The van der Waals surface area contributed by atoms with Crippen molar-refractivity contribution in [2.45, 2.75) is 38.9 Å². The molecule has 0 spiro atoms. The molecule has 0 aliphatic carbocycles. The first-order chi connectivity index (χ1) is 9.18. The Bertz CT molecular complexity index is 510. The second-order valence-electron chi connectivity index (χ2n) is 6.42. The van der Waals surface area contributed by atoms with Gasteiger partial charge in [0.2, 0.25) is 0 Å². The quantitative estimate of drug-likeness (QED) is 0.623. The van der Waals surface area contributed by atoms with Gasteiger partial charge < -0.3 is 14.2 Å². The lowest BCUT2D eigenvalue weighted by Gasteiger charge is -2.32. The maximum Gasteiger partial charge on any atom is 0.496 e. The summed E-state index contributed by atoms with van der Waals surface area (Å²) >= 11 is 0. The van der Waals surface area contributed by atoms with E-state index in [4.69, 9.17) is 9.31 Å². The molecule has 1 aliphatic rings. The number of hydrogen-bond donors (Lipinski definition) is 0. The predicted octanol–water partition coefficient (Wildman–Crippen LogP) is 1.86. The van der Waals surface area contributed by atoms with Gasteiger partial charge in [-0.3, -0.25) is 4.79 Å². The molecule has 108 valence electrons. The molecule has 1 aromatic carbocycles. The number of rotatable bonds is 3. The zero-order valence-corrected chi connectivity index (χ0v) is 13.1. The second kappa shape index (κ2) is 4.90. The molecule has 1 aliphatic heterocycles. The van der Waals surface area contributed by atoms with Crippen LogP contribution in [-0.4, -0.2) is 38.7 Å². The van der Waals surface area contributed by atoms with Crippen molar-refractivity contribution in [2.24, 2.45) is 0 Å². The summed E-state index contributed by atoms with van der Waals surface area (Å²) in [6.45, 7) is 8.08. The van der Waals surface area contributed by atoms with Gasteiger partial charge in [-0.2, -0.15) is 0 Å². The van der Waals surface area contributed by atoms with Crippen LogP contribution < -0.4 is 10.4 Å². The first-order valence-electron chi connectivity index (χ1n) is 6.80. The highest BCUT2D eigenvalue weighted by Gasteiger charge is 2.52. The Morgan fingerprint density at radius 1 is 1.10 bits per heavy atom. The van der Waals surface area contributed by atoms with E-state index in [2.05, 4.69) is 0 Å². The van der Waals surface area contributed by atoms with Crippen molar-refractivity contribution >= 4 is 24.6 Å². The number of anilines is 1. The highest BCUT2D eigenvalue weighted by molar-refractivity contribution is 6.64. The van der Waals surface area contributed by atoms with Gasteiger partial charge >= 0.3 is 7.12 Å². The SMILES string of the molecule is CN(C)c1ccc(C=O)cc1B1OC(C)(C)C(C)(C)O1. The Morgan fingerprint density at radius 3 is 2.10 bits per heavy atom. The summed E-state index contributed by atoms with van der Waals surface area (Å²) in [6, 6.07) is 5.56. The summed E-state index contributed by atoms with van der Waals surface area (Å²) < 4.78 is 12.2. The molecule has 1 fully saturated rings. The van der Waals surface area contributed by atoms with E-state index in [0.717, 1.165) is 17.4 Å². The number of benzene rings is 1. The van der Waals surface area contributed by atoms with Gasteiger partial charge in [-0.1, -0.05) is 0 Å². The van der Waals surface area contributed by atoms with E-state index in [-0.39, 0.29) is 0 Å². The lowest BCUT2D eigenvalue weighted by Crippen LogP contribution is -2.41. The van der Waals surface area contributed by atoms with Gasteiger partial charge in [-0.15, -0.1) is 0 Å². The van der Waals surface area contributed by atoms with Crippen LogP contribution in [0, 0.1) is 0 Å². The molecule has 4 nitrogen and oxygen atoms in total. The molecule has 5 heteroatoms. The molecule has 0 N–H and O–H groups in total. The molecule has 2 rings (SSSR count). The fourth-order valence-corrected chi connectivity index (χ4v) is 2.21. The molecule has 1 aromatic rings. The van der Waals surface area contributed by atoms with Gasteiger partial charge in [0.25, 0.3) is 0 Å². The molecular formula is C15H22BNO3. The molecule has 0 amide bonds. The van der Waals surface area contributed by atoms with Crippen LogP contribution in [-0.2, 0) is 9.31 Å². The van der Waals surface area contributed by atoms with E-state index in [0.29, 0.717) is 5.56 Å². The lowest BCUT2D eigenvalue weighted by atomic mass is 9.77. The molecule has 0 aromatic heterocycles. The maximum atomic E-state index is 11.0. The molecule has 0 saturated carbocycles. The Labute approximate surface area is 121 Å². The van der Waals surface area contributed by atoms with Crippen molar-refractivity contribution in [1.82, 2.24) is 0 Å². The van der Waals surface area contributed by atoms with Crippen LogP contribution in [0.1, 0.15) is 38.1 Å². The van der Waals surface area contributed by atoms with Crippen molar-refractivity contribution in [3.05, 3.63) is 23.8 Å². The van der Waals surface area contributed by atoms with Crippen LogP contribution in [0.25, 0.3) is 0 Å². The molecule has 20 heavy (non-hydrogen) atoms. The summed E-state index contributed by atoms with van der Waals surface area (Å²) in [4.78, 5) is 13.0. The number of nitrogens with zero attached hydrogens (tertiary/aromatic N) is 1. The van der Waals surface area contributed by atoms with Crippen molar-refractivity contribution in [3.63, 3.8) is 0 Å². The zero-order valence-electron chi connectivity index (χ0n) is 13.1. The average Bonchev–Trinajstić information content (AvgIpc) is 2.57. The molecule has 1 heterocycles. The second-order valence-corrected chi connectivity index (χ2v) is 6.42. The number of aldehydes is 1. The topological polar surface area (TPSA) is 38.8 Å². The minimum atomic E-state index is -0.461. The van der Waals surface area contributed by atoms with Crippen LogP contribution in [0.5, 0.6) is 0 Å². The third-order valence-corrected chi connectivity index (χ3v) is 4.18. The van der Waals surface area contributed by atoms with Crippen molar-refractivity contribution in [2.75, 3.05) is 19.0 Å². The third-order valence-electron chi connectivity index (χ3n) is 4.18. The van der Waals surface area contributed by atoms with E-state index in [1.807, 2.05) is 58.8 Å². The van der Waals surface area contributed by atoms with E-state index < -0.39 is 18.3 Å². The molecule has 0 atom stereocenters. The monoisotopic (exact) mass is 275 g/mol. The average molecular weight is 275 g/mol. The summed E-state index contributed by atoms with van der Waals surface area (Å²) in [5.74, 6) is 0. The normalized spacial score (nSPS) is 20.0. The minimum absolute atomic E-state index is 0.390. The van der Waals surface area contributed by atoms with Crippen molar-refractivity contribution in [1.29, 1.82) is 0 Å². The van der Waals surface area contributed by atoms with Crippen LogP contribution in [0.3, 0.4) is 0 Å². The van der Waals surface area contributed by atoms with Crippen LogP contribution in [0.2, 0.25) is 0 Å². The summed E-state index contributed by atoms with van der Waals surface area (Å²) in [5, 5.41) is 0. The number of carbonyl (C=O) groups excluding carboxylic acids is 1. The highest BCUT2D eigenvalue weighted by atomic mass is 16.7.